The normalized spacial score (nSPS) is 13.1. The first-order valence-corrected chi connectivity index (χ1v) is 10.2. The zero-order chi connectivity index (χ0) is 23.7. The molecule has 3 N–H and O–H groups in total. The first-order valence-electron chi connectivity index (χ1n) is 9.86. The Morgan fingerprint density at radius 3 is 2.36 bits per heavy atom. The van der Waals surface area contributed by atoms with Gasteiger partial charge in [-0.15, -0.1) is 0 Å². The van der Waals surface area contributed by atoms with E-state index in [1.807, 2.05) is 0 Å². The van der Waals surface area contributed by atoms with Crippen LogP contribution in [0.15, 0.2) is 60.7 Å². The van der Waals surface area contributed by atoms with Crippen molar-refractivity contribution in [3.8, 4) is 0 Å². The summed E-state index contributed by atoms with van der Waals surface area (Å²) in [5, 5.41) is 19.1. The van der Waals surface area contributed by atoms with Crippen LogP contribution in [-0.4, -0.2) is 38.4 Å². The second-order valence-corrected chi connectivity index (χ2v) is 7.74. The van der Waals surface area contributed by atoms with Gasteiger partial charge in [-0.2, -0.15) is 0 Å². The van der Waals surface area contributed by atoms with Gasteiger partial charge in [0, 0.05) is 22.8 Å². The number of rotatable bonds is 7. The number of carbonyl (C=O) groups is 2. The van der Waals surface area contributed by atoms with Gasteiger partial charge in [0.1, 0.15) is 29.5 Å². The molecule has 6 nitrogen and oxygen atoms in total. The zero-order valence-corrected chi connectivity index (χ0v) is 17.7. The number of halogens is 3. The number of benzene rings is 3. The number of Topliss-reactive ketones (excluding diaryl/α,β-unsaturated/α-hetero) is 2. The lowest BCUT2D eigenvalue weighted by molar-refractivity contribution is 0.0854. The van der Waals surface area contributed by atoms with Crippen LogP contribution in [0.3, 0.4) is 0 Å². The molecule has 33 heavy (non-hydrogen) atoms. The average molecular weight is 471 g/mol. The zero-order valence-electron chi connectivity index (χ0n) is 16.9. The van der Waals surface area contributed by atoms with Crippen LogP contribution in [0.25, 0.3) is 11.0 Å². The third-order valence-electron chi connectivity index (χ3n) is 5.18. The number of aromatic nitrogens is 2. The van der Waals surface area contributed by atoms with E-state index in [0.717, 1.165) is 12.1 Å². The highest BCUT2D eigenvalue weighted by atomic mass is 35.5. The fourth-order valence-corrected chi connectivity index (χ4v) is 3.94. The van der Waals surface area contributed by atoms with Gasteiger partial charge in [0.2, 0.25) is 0 Å². The summed E-state index contributed by atoms with van der Waals surface area (Å²) in [6.45, 7) is -0.633. The molecule has 4 rings (SSSR count). The molecule has 0 saturated heterocycles. The summed E-state index contributed by atoms with van der Waals surface area (Å²) in [6, 6.07) is 13.4. The quantitative estimate of drug-likeness (QED) is 0.275. The van der Waals surface area contributed by atoms with E-state index in [-0.39, 0.29) is 27.5 Å². The number of fused-ring (bicyclic) bond motifs is 1. The number of hydrogen-bond acceptors (Lipinski definition) is 5. The molecule has 9 heteroatoms. The molecule has 0 aliphatic heterocycles. The Kier molecular flexibility index (Phi) is 6.33. The molecule has 0 fully saturated rings. The highest BCUT2D eigenvalue weighted by molar-refractivity contribution is 6.36. The van der Waals surface area contributed by atoms with E-state index < -0.39 is 41.8 Å². The molecule has 0 saturated carbocycles. The van der Waals surface area contributed by atoms with Gasteiger partial charge in [-0.05, 0) is 30.3 Å². The van der Waals surface area contributed by atoms with Crippen LogP contribution in [0.5, 0.6) is 0 Å². The maximum atomic E-state index is 13.8. The summed E-state index contributed by atoms with van der Waals surface area (Å²) < 4.78 is 27.6. The molecule has 0 bridgehead atoms. The Labute approximate surface area is 191 Å². The SMILES string of the molecule is O=C(c1cc(F)cc(F)c1)C(C(=O)c1cccc(C(O)CO)c1Cl)c1nc2ccccc2[nH]1. The van der Waals surface area contributed by atoms with Gasteiger partial charge in [0.25, 0.3) is 0 Å². The van der Waals surface area contributed by atoms with Crippen molar-refractivity contribution in [2.45, 2.75) is 12.0 Å². The van der Waals surface area contributed by atoms with Crippen molar-refractivity contribution in [2.24, 2.45) is 0 Å². The average Bonchev–Trinajstić information content (AvgIpc) is 3.21. The standard InChI is InChI=1S/C24H17ClF2N2O4/c25-21-15(19(31)11-30)4-3-5-16(21)23(33)20(22(32)12-8-13(26)10-14(27)9-12)24-28-17-6-1-2-7-18(17)29-24/h1-10,19-20,30-31H,11H2,(H,28,29). The summed E-state index contributed by atoms with van der Waals surface area (Å²) in [4.78, 5) is 34.2. The van der Waals surface area contributed by atoms with Gasteiger partial charge in [0.05, 0.1) is 22.7 Å². The molecule has 2 unspecified atom stereocenters. The second kappa shape index (κ2) is 9.19. The van der Waals surface area contributed by atoms with E-state index >= 15 is 0 Å². The van der Waals surface area contributed by atoms with Gasteiger partial charge < -0.3 is 15.2 Å². The number of nitrogens with one attached hydrogen (secondary N) is 1. The molecule has 2 atom stereocenters. The number of imidazole rings is 1. The fraction of sp³-hybridized carbons (Fsp3) is 0.125. The molecule has 0 radical (unpaired) electrons. The van der Waals surface area contributed by atoms with Gasteiger partial charge in [0.15, 0.2) is 11.6 Å². The number of ketones is 2. The maximum absolute atomic E-state index is 13.8. The highest BCUT2D eigenvalue weighted by Crippen LogP contribution is 2.32. The number of nitrogens with zero attached hydrogens (tertiary/aromatic N) is 1. The number of H-pyrrole nitrogens is 1. The molecular formula is C24H17ClF2N2O4. The lowest BCUT2D eigenvalue weighted by atomic mass is 9.88. The van der Waals surface area contributed by atoms with Crippen molar-refractivity contribution >= 4 is 34.2 Å². The van der Waals surface area contributed by atoms with Crippen LogP contribution in [0.1, 0.15) is 44.1 Å². The molecular weight excluding hydrogens is 454 g/mol. The molecule has 1 heterocycles. The minimum atomic E-state index is -1.60. The van der Waals surface area contributed by atoms with Crippen LogP contribution in [0, 0.1) is 11.6 Å². The van der Waals surface area contributed by atoms with E-state index in [1.54, 1.807) is 24.3 Å². The predicted molar refractivity (Wildman–Crippen MR) is 117 cm³/mol. The van der Waals surface area contributed by atoms with Crippen LogP contribution in [0.4, 0.5) is 8.78 Å². The Hall–Kier alpha value is -3.46. The third kappa shape index (κ3) is 4.41. The van der Waals surface area contributed by atoms with Crippen LogP contribution in [-0.2, 0) is 0 Å². The fourth-order valence-electron chi connectivity index (χ4n) is 3.59. The molecule has 3 aromatic carbocycles. The number of aromatic amines is 1. The van der Waals surface area contributed by atoms with Gasteiger partial charge >= 0.3 is 0 Å². The van der Waals surface area contributed by atoms with Gasteiger partial charge in [-0.1, -0.05) is 35.9 Å². The largest absolute Gasteiger partial charge is 0.393 e. The minimum Gasteiger partial charge on any atom is -0.393 e. The first kappa shape index (κ1) is 22.7. The van der Waals surface area contributed by atoms with E-state index in [9.17, 15) is 28.6 Å². The number of para-hydroxylation sites is 2. The highest BCUT2D eigenvalue weighted by Gasteiger charge is 2.35. The minimum absolute atomic E-state index is 0.0277. The summed E-state index contributed by atoms with van der Waals surface area (Å²) in [6.07, 6.45) is -1.34. The lowest BCUT2D eigenvalue weighted by Gasteiger charge is -2.17. The molecule has 0 aliphatic rings. The third-order valence-corrected chi connectivity index (χ3v) is 5.60. The van der Waals surface area contributed by atoms with Crippen LogP contribution < -0.4 is 0 Å². The van der Waals surface area contributed by atoms with E-state index in [1.165, 1.54) is 18.2 Å². The van der Waals surface area contributed by atoms with E-state index in [2.05, 4.69) is 9.97 Å². The second-order valence-electron chi connectivity index (χ2n) is 7.37. The monoisotopic (exact) mass is 470 g/mol. The Bertz CT molecular complexity index is 1320. The molecule has 0 spiro atoms. The Morgan fingerprint density at radius 2 is 1.70 bits per heavy atom. The van der Waals surface area contributed by atoms with Gasteiger partial charge in [-0.25, -0.2) is 13.8 Å². The Morgan fingerprint density at radius 1 is 1.00 bits per heavy atom. The van der Waals surface area contributed by atoms with Crippen LogP contribution >= 0.6 is 11.6 Å². The smallest absolute Gasteiger partial charge is 0.182 e. The van der Waals surface area contributed by atoms with Crippen molar-refractivity contribution in [2.75, 3.05) is 6.61 Å². The number of aliphatic hydroxyl groups is 2. The Balaban J connectivity index is 1.87. The number of carbonyl (C=O) groups excluding carboxylic acids is 2. The van der Waals surface area contributed by atoms with Crippen molar-refractivity contribution in [1.82, 2.24) is 9.97 Å². The van der Waals surface area contributed by atoms with Crippen LogP contribution in [0.2, 0.25) is 5.02 Å². The van der Waals surface area contributed by atoms with Gasteiger partial charge in [-0.3, -0.25) is 9.59 Å². The summed E-state index contributed by atoms with van der Waals surface area (Å²) in [5.41, 5.74) is 0.669. The van der Waals surface area contributed by atoms with Crippen molar-refractivity contribution in [3.05, 3.63) is 99.8 Å². The molecule has 4 aromatic rings. The molecule has 168 valence electrons. The maximum Gasteiger partial charge on any atom is 0.182 e. The summed E-state index contributed by atoms with van der Waals surface area (Å²) in [7, 11) is 0. The first-order chi connectivity index (χ1) is 15.8. The summed E-state index contributed by atoms with van der Waals surface area (Å²) >= 11 is 6.33. The molecule has 0 aliphatic carbocycles. The topological polar surface area (TPSA) is 103 Å². The predicted octanol–water partition coefficient (Wildman–Crippen LogP) is 4.37. The van der Waals surface area contributed by atoms with E-state index in [0.29, 0.717) is 17.1 Å². The lowest BCUT2D eigenvalue weighted by Crippen LogP contribution is -2.24. The number of hydrogen-bond donors (Lipinski definition) is 3. The molecule has 1 aromatic heterocycles. The number of aliphatic hydroxyl groups excluding tert-OH is 2. The van der Waals surface area contributed by atoms with Crippen molar-refractivity contribution in [3.63, 3.8) is 0 Å². The molecule has 0 amide bonds. The van der Waals surface area contributed by atoms with E-state index in [4.69, 9.17) is 11.6 Å². The van der Waals surface area contributed by atoms with Crippen molar-refractivity contribution < 1.29 is 28.6 Å². The van der Waals surface area contributed by atoms with Crippen molar-refractivity contribution in [1.29, 1.82) is 0 Å². The summed E-state index contributed by atoms with van der Waals surface area (Å²) in [5.74, 6) is -5.25.